The third-order valence-corrected chi connectivity index (χ3v) is 3.72. The summed E-state index contributed by atoms with van der Waals surface area (Å²) in [4.78, 5) is 12.3. The smallest absolute Gasteiger partial charge is 0.163 e. The van der Waals surface area contributed by atoms with Gasteiger partial charge in [0, 0.05) is 12.0 Å². The van der Waals surface area contributed by atoms with Gasteiger partial charge in [-0.3, -0.25) is 4.79 Å². The van der Waals surface area contributed by atoms with E-state index in [0.717, 1.165) is 24.9 Å². The lowest BCUT2D eigenvalue weighted by Crippen LogP contribution is -2.13. The van der Waals surface area contributed by atoms with Crippen LogP contribution in [0.3, 0.4) is 0 Å². The minimum Gasteiger partial charge on any atom is -0.319 e. The number of nitrogens with one attached hydrogen (secondary N) is 1. The van der Waals surface area contributed by atoms with Crippen LogP contribution in [0, 0.1) is 0 Å². The molecule has 1 aromatic rings. The molecule has 0 aromatic heterocycles. The summed E-state index contributed by atoms with van der Waals surface area (Å²) in [6.45, 7) is 3.15. The summed E-state index contributed by atoms with van der Waals surface area (Å²) >= 11 is 0. The molecule has 0 heterocycles. The molecule has 0 fully saturated rings. The SMILES string of the molecule is CCCCCCCCC(=O)c1ccccc1CCNC. The molecule has 0 bridgehead atoms. The normalized spacial score (nSPS) is 10.7. The zero-order valence-corrected chi connectivity index (χ0v) is 13.1. The first kappa shape index (κ1) is 16.9. The Balaban J connectivity index is 2.38. The minimum atomic E-state index is 0.312. The van der Waals surface area contributed by atoms with Crippen LogP contribution in [0.5, 0.6) is 0 Å². The number of ketones is 1. The van der Waals surface area contributed by atoms with Crippen molar-refractivity contribution in [2.45, 2.75) is 58.3 Å². The molecule has 20 heavy (non-hydrogen) atoms. The summed E-state index contributed by atoms with van der Waals surface area (Å²) in [5, 5.41) is 3.14. The van der Waals surface area contributed by atoms with Crippen LogP contribution in [0.15, 0.2) is 24.3 Å². The molecule has 0 aliphatic carbocycles. The van der Waals surface area contributed by atoms with Gasteiger partial charge in [-0.15, -0.1) is 0 Å². The van der Waals surface area contributed by atoms with Gasteiger partial charge < -0.3 is 5.32 Å². The van der Waals surface area contributed by atoms with Crippen molar-refractivity contribution < 1.29 is 4.79 Å². The van der Waals surface area contributed by atoms with Crippen LogP contribution in [0.4, 0.5) is 0 Å². The highest BCUT2D eigenvalue weighted by atomic mass is 16.1. The molecule has 0 amide bonds. The first-order valence-corrected chi connectivity index (χ1v) is 8.05. The van der Waals surface area contributed by atoms with E-state index in [1.807, 2.05) is 25.2 Å². The molecule has 2 heteroatoms. The molecule has 0 saturated heterocycles. The molecule has 0 spiro atoms. The quantitative estimate of drug-likeness (QED) is 0.479. The van der Waals surface area contributed by atoms with Crippen LogP contribution in [0.2, 0.25) is 0 Å². The molecule has 0 aliphatic heterocycles. The molecule has 0 atom stereocenters. The summed E-state index contributed by atoms with van der Waals surface area (Å²) in [6.07, 6.45) is 9.01. The Morgan fingerprint density at radius 1 is 1.05 bits per heavy atom. The summed E-state index contributed by atoms with van der Waals surface area (Å²) < 4.78 is 0. The standard InChI is InChI=1S/C18H29NO/c1-3-4-5-6-7-8-13-18(20)17-12-10-9-11-16(17)14-15-19-2/h9-12,19H,3-8,13-15H2,1-2H3. The second-order valence-electron chi connectivity index (χ2n) is 5.45. The van der Waals surface area contributed by atoms with Crippen LogP contribution in [-0.4, -0.2) is 19.4 Å². The predicted molar refractivity (Wildman–Crippen MR) is 86.4 cm³/mol. The first-order chi connectivity index (χ1) is 9.79. The number of carbonyl (C=O) groups is 1. The molecule has 1 rings (SSSR count). The molecular formula is C18H29NO. The van der Waals surface area contributed by atoms with E-state index < -0.39 is 0 Å². The Morgan fingerprint density at radius 2 is 1.75 bits per heavy atom. The van der Waals surface area contributed by atoms with E-state index >= 15 is 0 Å². The van der Waals surface area contributed by atoms with Gasteiger partial charge in [-0.2, -0.15) is 0 Å². The highest BCUT2D eigenvalue weighted by Gasteiger charge is 2.10. The van der Waals surface area contributed by atoms with E-state index in [4.69, 9.17) is 0 Å². The first-order valence-electron chi connectivity index (χ1n) is 8.05. The zero-order chi connectivity index (χ0) is 14.6. The van der Waals surface area contributed by atoms with Gasteiger partial charge in [-0.25, -0.2) is 0 Å². The van der Waals surface area contributed by atoms with Crippen LogP contribution >= 0.6 is 0 Å². The lowest BCUT2D eigenvalue weighted by atomic mass is 9.97. The van der Waals surface area contributed by atoms with E-state index in [1.165, 1.54) is 37.7 Å². The number of benzene rings is 1. The minimum absolute atomic E-state index is 0.312. The molecule has 2 nitrogen and oxygen atoms in total. The van der Waals surface area contributed by atoms with Gasteiger partial charge in [0.15, 0.2) is 5.78 Å². The van der Waals surface area contributed by atoms with Crippen molar-refractivity contribution in [2.24, 2.45) is 0 Å². The fraction of sp³-hybridized carbons (Fsp3) is 0.611. The number of rotatable bonds is 11. The highest BCUT2D eigenvalue weighted by molar-refractivity contribution is 5.97. The molecule has 112 valence electrons. The van der Waals surface area contributed by atoms with Crippen molar-refractivity contribution in [1.82, 2.24) is 5.32 Å². The van der Waals surface area contributed by atoms with Gasteiger partial charge >= 0.3 is 0 Å². The Hall–Kier alpha value is -1.15. The number of likely N-dealkylation sites (N-methyl/N-ethyl adjacent to an activating group) is 1. The molecule has 0 aliphatic rings. The average Bonchev–Trinajstić information content (AvgIpc) is 2.48. The predicted octanol–water partition coefficient (Wildman–Crippen LogP) is 4.38. The van der Waals surface area contributed by atoms with Gasteiger partial charge in [-0.1, -0.05) is 63.3 Å². The second kappa shape index (κ2) is 10.6. The van der Waals surface area contributed by atoms with E-state index in [0.29, 0.717) is 12.2 Å². The fourth-order valence-electron chi connectivity index (χ4n) is 2.47. The van der Waals surface area contributed by atoms with Crippen molar-refractivity contribution in [1.29, 1.82) is 0 Å². The Morgan fingerprint density at radius 3 is 2.50 bits per heavy atom. The molecular weight excluding hydrogens is 246 g/mol. The topological polar surface area (TPSA) is 29.1 Å². The van der Waals surface area contributed by atoms with Crippen molar-refractivity contribution in [2.75, 3.05) is 13.6 Å². The van der Waals surface area contributed by atoms with Gasteiger partial charge in [0.1, 0.15) is 0 Å². The Labute approximate surface area is 124 Å². The maximum atomic E-state index is 12.3. The molecule has 1 N–H and O–H groups in total. The second-order valence-corrected chi connectivity index (χ2v) is 5.45. The van der Waals surface area contributed by atoms with Gasteiger partial charge in [-0.05, 0) is 32.0 Å². The summed E-state index contributed by atoms with van der Waals surface area (Å²) in [7, 11) is 1.95. The van der Waals surface area contributed by atoms with Crippen molar-refractivity contribution >= 4 is 5.78 Å². The third kappa shape index (κ3) is 6.33. The van der Waals surface area contributed by atoms with Crippen LogP contribution < -0.4 is 5.32 Å². The molecule has 0 radical (unpaired) electrons. The number of hydrogen-bond donors (Lipinski definition) is 1. The van der Waals surface area contributed by atoms with Gasteiger partial charge in [0.05, 0.1) is 0 Å². The lowest BCUT2D eigenvalue weighted by molar-refractivity contribution is 0.0978. The monoisotopic (exact) mass is 275 g/mol. The molecule has 0 saturated carbocycles. The summed E-state index contributed by atoms with van der Waals surface area (Å²) in [5.74, 6) is 0.312. The fourth-order valence-corrected chi connectivity index (χ4v) is 2.47. The largest absolute Gasteiger partial charge is 0.319 e. The molecule has 1 aromatic carbocycles. The summed E-state index contributed by atoms with van der Waals surface area (Å²) in [6, 6.07) is 8.04. The zero-order valence-electron chi connectivity index (χ0n) is 13.1. The number of Topliss-reactive ketones (excluding diaryl/α,β-unsaturated/α-hetero) is 1. The highest BCUT2D eigenvalue weighted by Crippen LogP contribution is 2.15. The van der Waals surface area contributed by atoms with E-state index in [1.54, 1.807) is 0 Å². The van der Waals surface area contributed by atoms with Crippen LogP contribution in [-0.2, 0) is 6.42 Å². The van der Waals surface area contributed by atoms with E-state index in [9.17, 15) is 4.79 Å². The van der Waals surface area contributed by atoms with E-state index in [-0.39, 0.29) is 0 Å². The Bertz CT molecular complexity index is 387. The maximum absolute atomic E-state index is 12.3. The van der Waals surface area contributed by atoms with Crippen molar-refractivity contribution in [3.8, 4) is 0 Å². The average molecular weight is 275 g/mol. The molecule has 0 unspecified atom stereocenters. The maximum Gasteiger partial charge on any atom is 0.163 e. The number of hydrogen-bond acceptors (Lipinski definition) is 2. The van der Waals surface area contributed by atoms with Gasteiger partial charge in [0.2, 0.25) is 0 Å². The Kier molecular flexibility index (Phi) is 8.97. The van der Waals surface area contributed by atoms with Crippen LogP contribution in [0.1, 0.15) is 67.8 Å². The lowest BCUT2D eigenvalue weighted by Gasteiger charge is -2.08. The van der Waals surface area contributed by atoms with Crippen molar-refractivity contribution in [3.05, 3.63) is 35.4 Å². The number of unbranched alkanes of at least 4 members (excludes halogenated alkanes) is 5. The summed E-state index contributed by atoms with van der Waals surface area (Å²) in [5.41, 5.74) is 2.11. The van der Waals surface area contributed by atoms with Crippen LogP contribution in [0.25, 0.3) is 0 Å². The number of carbonyl (C=O) groups excluding carboxylic acids is 1. The van der Waals surface area contributed by atoms with Crippen molar-refractivity contribution in [3.63, 3.8) is 0 Å². The third-order valence-electron chi connectivity index (χ3n) is 3.72. The van der Waals surface area contributed by atoms with E-state index in [2.05, 4.69) is 18.3 Å². The van der Waals surface area contributed by atoms with Gasteiger partial charge in [0.25, 0.3) is 0 Å².